The van der Waals surface area contributed by atoms with Gasteiger partial charge in [0.2, 0.25) is 0 Å². The van der Waals surface area contributed by atoms with Crippen molar-refractivity contribution in [3.05, 3.63) is 66.2 Å². The third-order valence-electron chi connectivity index (χ3n) is 3.81. The molecule has 0 aliphatic heterocycles. The molecule has 1 N–H and O–H groups in total. The van der Waals surface area contributed by atoms with Gasteiger partial charge in [-0.15, -0.1) is 0 Å². The Morgan fingerprint density at radius 1 is 0.905 bits per heavy atom. The van der Waals surface area contributed by atoms with Crippen LogP contribution in [0.2, 0.25) is 0 Å². The molecule has 0 amide bonds. The SMILES string of the molecule is N#CCC[N+](CCO)(Cc1ccccc1)c1ccccc1. The first-order valence-electron chi connectivity index (χ1n) is 7.24. The summed E-state index contributed by atoms with van der Waals surface area (Å²) in [4.78, 5) is 0. The van der Waals surface area contributed by atoms with Crippen LogP contribution in [-0.2, 0) is 6.54 Å². The highest BCUT2D eigenvalue weighted by molar-refractivity contribution is 5.43. The molecular weight excluding hydrogens is 260 g/mol. The van der Waals surface area contributed by atoms with Crippen LogP contribution < -0.4 is 4.48 Å². The maximum Gasteiger partial charge on any atom is 0.133 e. The van der Waals surface area contributed by atoms with Crippen molar-refractivity contribution in [1.29, 1.82) is 5.26 Å². The van der Waals surface area contributed by atoms with E-state index in [0.29, 0.717) is 24.0 Å². The summed E-state index contributed by atoms with van der Waals surface area (Å²) in [5, 5.41) is 18.5. The van der Waals surface area contributed by atoms with Gasteiger partial charge in [-0.2, -0.15) is 5.26 Å². The summed E-state index contributed by atoms with van der Waals surface area (Å²) in [7, 11) is 0. The minimum atomic E-state index is 0.104. The second-order valence-corrected chi connectivity index (χ2v) is 5.20. The Morgan fingerprint density at radius 2 is 1.52 bits per heavy atom. The predicted octanol–water partition coefficient (Wildman–Crippen LogP) is 3.10. The fourth-order valence-corrected chi connectivity index (χ4v) is 2.75. The van der Waals surface area contributed by atoms with E-state index in [-0.39, 0.29) is 6.61 Å². The molecule has 108 valence electrons. The molecular formula is C18H21N2O+. The van der Waals surface area contributed by atoms with Crippen molar-refractivity contribution in [3.8, 4) is 6.07 Å². The van der Waals surface area contributed by atoms with Gasteiger partial charge in [-0.1, -0.05) is 48.5 Å². The van der Waals surface area contributed by atoms with Gasteiger partial charge in [0.1, 0.15) is 18.8 Å². The fraction of sp³-hybridized carbons (Fsp3) is 0.278. The molecule has 3 nitrogen and oxygen atoms in total. The van der Waals surface area contributed by atoms with Crippen LogP contribution in [0.4, 0.5) is 5.69 Å². The van der Waals surface area contributed by atoms with Crippen LogP contribution in [0, 0.1) is 11.3 Å². The lowest BCUT2D eigenvalue weighted by atomic mass is 10.1. The van der Waals surface area contributed by atoms with Crippen molar-refractivity contribution in [2.75, 3.05) is 19.7 Å². The number of benzene rings is 2. The van der Waals surface area contributed by atoms with E-state index in [1.807, 2.05) is 36.4 Å². The number of hydrogen-bond donors (Lipinski definition) is 1. The Labute approximate surface area is 126 Å². The molecule has 2 aromatic carbocycles. The lowest BCUT2D eigenvalue weighted by Gasteiger charge is -2.37. The van der Waals surface area contributed by atoms with Gasteiger partial charge in [0, 0.05) is 5.56 Å². The average molecular weight is 281 g/mol. The smallest absolute Gasteiger partial charge is 0.133 e. The number of nitrogens with zero attached hydrogens (tertiary/aromatic N) is 2. The summed E-state index contributed by atoms with van der Waals surface area (Å²) in [5.74, 6) is 0. The molecule has 0 aliphatic rings. The van der Waals surface area contributed by atoms with Crippen molar-refractivity contribution in [2.24, 2.45) is 0 Å². The van der Waals surface area contributed by atoms with Crippen molar-refractivity contribution >= 4 is 5.69 Å². The van der Waals surface area contributed by atoms with Gasteiger partial charge in [0.25, 0.3) is 0 Å². The topological polar surface area (TPSA) is 44.0 Å². The highest BCUT2D eigenvalue weighted by Crippen LogP contribution is 2.26. The molecule has 2 aromatic rings. The summed E-state index contributed by atoms with van der Waals surface area (Å²) >= 11 is 0. The van der Waals surface area contributed by atoms with Crippen LogP contribution in [0.3, 0.4) is 0 Å². The molecule has 0 saturated carbocycles. The summed E-state index contributed by atoms with van der Waals surface area (Å²) in [6.07, 6.45) is 0.474. The molecule has 1 atom stereocenters. The number of aliphatic hydroxyl groups is 1. The maximum atomic E-state index is 9.54. The molecule has 21 heavy (non-hydrogen) atoms. The third kappa shape index (κ3) is 3.91. The minimum absolute atomic E-state index is 0.104. The van der Waals surface area contributed by atoms with E-state index < -0.39 is 0 Å². The lowest BCUT2D eigenvalue weighted by molar-refractivity contribution is 0.194. The van der Waals surface area contributed by atoms with Gasteiger partial charge in [-0.05, 0) is 12.1 Å². The first-order valence-corrected chi connectivity index (χ1v) is 7.24. The molecule has 0 radical (unpaired) electrons. The van der Waals surface area contributed by atoms with Gasteiger partial charge >= 0.3 is 0 Å². The van der Waals surface area contributed by atoms with Crippen molar-refractivity contribution in [3.63, 3.8) is 0 Å². The second-order valence-electron chi connectivity index (χ2n) is 5.20. The monoisotopic (exact) mass is 281 g/mol. The Balaban J connectivity index is 2.38. The van der Waals surface area contributed by atoms with Crippen LogP contribution >= 0.6 is 0 Å². The second kappa shape index (κ2) is 7.58. The Kier molecular flexibility index (Phi) is 5.51. The fourth-order valence-electron chi connectivity index (χ4n) is 2.75. The number of hydrogen-bond acceptors (Lipinski definition) is 2. The van der Waals surface area contributed by atoms with E-state index >= 15 is 0 Å². The Morgan fingerprint density at radius 3 is 2.10 bits per heavy atom. The molecule has 0 spiro atoms. The molecule has 0 aromatic heterocycles. The van der Waals surface area contributed by atoms with Gasteiger partial charge in [-0.3, -0.25) is 4.48 Å². The zero-order chi connectivity index (χ0) is 15.0. The highest BCUT2D eigenvalue weighted by atomic mass is 16.3. The van der Waals surface area contributed by atoms with E-state index in [9.17, 15) is 5.11 Å². The van der Waals surface area contributed by atoms with E-state index in [0.717, 1.165) is 12.2 Å². The normalized spacial score (nSPS) is 13.3. The number of rotatable bonds is 7. The van der Waals surface area contributed by atoms with E-state index in [4.69, 9.17) is 5.26 Å². The van der Waals surface area contributed by atoms with Crippen LogP contribution in [-0.4, -0.2) is 24.8 Å². The summed E-state index contributed by atoms with van der Waals surface area (Å²) in [5.41, 5.74) is 2.36. The van der Waals surface area contributed by atoms with Gasteiger partial charge in [0.15, 0.2) is 0 Å². The molecule has 0 bridgehead atoms. The molecule has 0 heterocycles. The van der Waals surface area contributed by atoms with Gasteiger partial charge in [-0.25, -0.2) is 0 Å². The van der Waals surface area contributed by atoms with Crippen molar-refractivity contribution in [2.45, 2.75) is 13.0 Å². The first-order chi connectivity index (χ1) is 10.3. The zero-order valence-electron chi connectivity index (χ0n) is 12.2. The Hall–Kier alpha value is -2.15. The van der Waals surface area contributed by atoms with Gasteiger partial charge in [0.05, 0.1) is 25.6 Å². The minimum Gasteiger partial charge on any atom is -0.390 e. The highest BCUT2D eigenvalue weighted by Gasteiger charge is 2.29. The molecule has 1 unspecified atom stereocenters. The van der Waals surface area contributed by atoms with Gasteiger partial charge < -0.3 is 5.11 Å². The number of quaternary nitrogens is 1. The quantitative estimate of drug-likeness (QED) is 0.793. The van der Waals surface area contributed by atoms with Crippen molar-refractivity contribution < 1.29 is 5.11 Å². The zero-order valence-corrected chi connectivity index (χ0v) is 12.2. The maximum absolute atomic E-state index is 9.54. The lowest BCUT2D eigenvalue weighted by Crippen LogP contribution is -2.51. The average Bonchev–Trinajstić information content (AvgIpc) is 2.55. The largest absolute Gasteiger partial charge is 0.390 e. The first kappa shape index (κ1) is 15.2. The molecule has 0 saturated heterocycles. The number of para-hydroxylation sites is 1. The molecule has 2 rings (SSSR count). The summed E-state index contributed by atoms with van der Waals surface area (Å²) in [6.45, 7) is 2.21. The Bertz CT molecular complexity index is 577. The number of nitriles is 1. The van der Waals surface area contributed by atoms with E-state index in [2.05, 4.69) is 30.3 Å². The van der Waals surface area contributed by atoms with E-state index in [1.54, 1.807) is 0 Å². The van der Waals surface area contributed by atoms with Crippen LogP contribution in [0.15, 0.2) is 60.7 Å². The van der Waals surface area contributed by atoms with Crippen LogP contribution in [0.1, 0.15) is 12.0 Å². The van der Waals surface area contributed by atoms with Crippen molar-refractivity contribution in [1.82, 2.24) is 4.48 Å². The van der Waals surface area contributed by atoms with Crippen LogP contribution in [0.5, 0.6) is 0 Å². The third-order valence-corrected chi connectivity index (χ3v) is 3.81. The summed E-state index contributed by atoms with van der Waals surface area (Å²) in [6, 6.07) is 22.7. The summed E-state index contributed by atoms with van der Waals surface area (Å²) < 4.78 is 0.606. The number of aliphatic hydroxyl groups excluding tert-OH is 1. The van der Waals surface area contributed by atoms with E-state index in [1.165, 1.54) is 5.56 Å². The predicted molar refractivity (Wildman–Crippen MR) is 85.4 cm³/mol. The van der Waals surface area contributed by atoms with Crippen LogP contribution in [0.25, 0.3) is 0 Å². The molecule has 0 fully saturated rings. The standard InChI is InChI=1S/C18H21N2O/c19-12-7-13-20(14-15-21,18-10-5-2-6-11-18)16-17-8-3-1-4-9-17/h1-6,8-11,21H,7,13-16H2/q+1. The molecule has 0 aliphatic carbocycles. The molecule has 3 heteroatoms.